The Labute approximate surface area is 47.1 Å². The van der Waals surface area contributed by atoms with Gasteiger partial charge in [0.1, 0.15) is 0 Å². The van der Waals surface area contributed by atoms with Crippen molar-refractivity contribution in [1.29, 1.82) is 0 Å². The average Bonchev–Trinajstić information content (AvgIpc) is 1.38. The summed E-state index contributed by atoms with van der Waals surface area (Å²) in [5.74, 6) is 4.50. The number of carbonyl (C=O) groups excluding carboxylic acids is 1. The Morgan fingerprint density at radius 3 is 2.00 bits per heavy atom. The SMILES string of the molecule is Cl.NNC(=O)S. The molecule has 0 aromatic rings. The van der Waals surface area contributed by atoms with Crippen molar-refractivity contribution in [2.45, 2.75) is 0 Å². The lowest BCUT2D eigenvalue weighted by Gasteiger charge is -1.79. The van der Waals surface area contributed by atoms with E-state index in [4.69, 9.17) is 0 Å². The summed E-state index contributed by atoms with van der Waals surface area (Å²) >= 11 is 3.22. The molecule has 1 amide bonds. The largest absolute Gasteiger partial charge is 0.289 e. The van der Waals surface area contributed by atoms with Crippen LogP contribution in [0, 0.1) is 0 Å². The molecular formula is CH5ClN2OS. The molecule has 0 bridgehead atoms. The molecule has 0 radical (unpaired) electrons. The Balaban J connectivity index is 0. The molecule has 0 heterocycles. The second-order valence-corrected chi connectivity index (χ2v) is 0.856. The van der Waals surface area contributed by atoms with Crippen LogP contribution in [0.5, 0.6) is 0 Å². The monoisotopic (exact) mass is 128 g/mol. The third-order valence-electron chi connectivity index (χ3n) is 0.123. The molecule has 0 aromatic carbocycles. The summed E-state index contributed by atoms with van der Waals surface area (Å²) in [5, 5.41) is -0.523. The van der Waals surface area contributed by atoms with Gasteiger partial charge >= 0.3 is 0 Å². The molecule has 0 saturated carbocycles. The van der Waals surface area contributed by atoms with E-state index in [1.807, 2.05) is 0 Å². The molecule has 0 atom stereocenters. The zero-order valence-corrected chi connectivity index (χ0v) is 4.55. The molecule has 6 heavy (non-hydrogen) atoms. The molecule has 0 spiro atoms. The molecule has 0 aliphatic rings. The highest BCUT2D eigenvalue weighted by molar-refractivity contribution is 7.96. The van der Waals surface area contributed by atoms with E-state index in [1.54, 1.807) is 5.43 Å². The van der Waals surface area contributed by atoms with Gasteiger partial charge in [-0.2, -0.15) is 0 Å². The predicted octanol–water partition coefficient (Wildman–Crippen LogP) is -0.0787. The van der Waals surface area contributed by atoms with Crippen LogP contribution >= 0.6 is 25.0 Å². The Bertz CT molecular complexity index is 48.8. The quantitative estimate of drug-likeness (QED) is 0.185. The maximum atomic E-state index is 9.44. The van der Waals surface area contributed by atoms with Crippen LogP contribution in [0.4, 0.5) is 4.79 Å². The van der Waals surface area contributed by atoms with Crippen molar-refractivity contribution < 1.29 is 4.79 Å². The minimum Gasteiger partial charge on any atom is -0.285 e. The molecule has 0 unspecified atom stereocenters. The van der Waals surface area contributed by atoms with Gasteiger partial charge in [0.2, 0.25) is 0 Å². The summed E-state index contributed by atoms with van der Waals surface area (Å²) in [4.78, 5) is 9.44. The number of carbonyl (C=O) groups is 1. The minimum absolute atomic E-state index is 0. The van der Waals surface area contributed by atoms with Gasteiger partial charge in [-0.15, -0.1) is 12.4 Å². The summed E-state index contributed by atoms with van der Waals surface area (Å²) < 4.78 is 0. The fraction of sp³-hybridized carbons (Fsp3) is 0. The highest BCUT2D eigenvalue weighted by Gasteiger charge is 1.74. The van der Waals surface area contributed by atoms with Crippen molar-refractivity contribution in [2.24, 2.45) is 5.84 Å². The van der Waals surface area contributed by atoms with E-state index in [0.29, 0.717) is 0 Å². The van der Waals surface area contributed by atoms with Gasteiger partial charge in [-0.25, -0.2) is 5.84 Å². The van der Waals surface area contributed by atoms with Crippen molar-refractivity contribution in [3.8, 4) is 0 Å². The number of amides is 1. The third kappa shape index (κ3) is 8.95. The number of nitrogens with one attached hydrogen (secondary N) is 1. The van der Waals surface area contributed by atoms with Crippen molar-refractivity contribution >= 4 is 30.3 Å². The van der Waals surface area contributed by atoms with E-state index < -0.39 is 5.24 Å². The lowest BCUT2D eigenvalue weighted by molar-refractivity contribution is 0.261. The third-order valence-corrected chi connectivity index (χ3v) is 0.253. The predicted molar refractivity (Wildman–Crippen MR) is 29.0 cm³/mol. The molecule has 0 fully saturated rings. The van der Waals surface area contributed by atoms with Crippen LogP contribution < -0.4 is 11.3 Å². The molecule has 0 saturated heterocycles. The minimum atomic E-state index is -0.523. The zero-order chi connectivity index (χ0) is 4.28. The number of hydrogen-bond donors (Lipinski definition) is 3. The Hall–Kier alpha value is 0.0700. The lowest BCUT2D eigenvalue weighted by Crippen LogP contribution is -2.23. The van der Waals surface area contributed by atoms with Crippen LogP contribution in [-0.2, 0) is 0 Å². The van der Waals surface area contributed by atoms with Crippen LogP contribution in [0.2, 0.25) is 0 Å². The first kappa shape index (κ1) is 9.42. The van der Waals surface area contributed by atoms with Crippen molar-refractivity contribution in [3.05, 3.63) is 0 Å². The summed E-state index contributed by atoms with van der Waals surface area (Å²) in [7, 11) is 0. The first-order valence-corrected chi connectivity index (χ1v) is 1.41. The van der Waals surface area contributed by atoms with E-state index in [1.165, 1.54) is 0 Å². The Morgan fingerprint density at radius 1 is 1.83 bits per heavy atom. The molecule has 0 aliphatic heterocycles. The molecule has 0 aliphatic carbocycles. The Kier molecular flexibility index (Phi) is 7.96. The highest BCUT2D eigenvalue weighted by Crippen LogP contribution is 1.65. The van der Waals surface area contributed by atoms with Crippen molar-refractivity contribution in [2.75, 3.05) is 0 Å². The van der Waals surface area contributed by atoms with Gasteiger partial charge in [0.25, 0.3) is 5.24 Å². The first-order chi connectivity index (χ1) is 2.27. The number of hydrogen-bond acceptors (Lipinski definition) is 2. The summed E-state index contributed by atoms with van der Waals surface area (Å²) in [6, 6.07) is 0. The molecule has 3 N–H and O–H groups in total. The average molecular weight is 129 g/mol. The summed E-state index contributed by atoms with van der Waals surface area (Å²) in [6.07, 6.45) is 0. The van der Waals surface area contributed by atoms with Crippen molar-refractivity contribution in [1.82, 2.24) is 5.43 Å². The molecule has 38 valence electrons. The van der Waals surface area contributed by atoms with Gasteiger partial charge in [-0.3, -0.25) is 10.2 Å². The topological polar surface area (TPSA) is 55.1 Å². The number of hydrazine groups is 1. The zero-order valence-electron chi connectivity index (χ0n) is 2.84. The number of thiol groups is 1. The Morgan fingerprint density at radius 2 is 2.00 bits per heavy atom. The van der Waals surface area contributed by atoms with E-state index in [0.717, 1.165) is 0 Å². The van der Waals surface area contributed by atoms with Gasteiger partial charge in [-0.05, 0) is 0 Å². The molecule has 0 rings (SSSR count). The first-order valence-electron chi connectivity index (χ1n) is 0.966. The number of rotatable bonds is 0. The van der Waals surface area contributed by atoms with E-state index in [-0.39, 0.29) is 12.4 Å². The number of halogens is 1. The molecular weight excluding hydrogens is 124 g/mol. The fourth-order valence-electron chi connectivity index (χ4n) is 0. The standard InChI is InChI=1S/CH4N2OS.ClH/c2-3-1(4)5;/h2H2,(H2,3,4,5);1H. The second-order valence-electron chi connectivity index (χ2n) is 0.449. The highest BCUT2D eigenvalue weighted by atomic mass is 35.5. The normalized spacial score (nSPS) is 5.67. The van der Waals surface area contributed by atoms with Gasteiger partial charge in [0, 0.05) is 0 Å². The molecule has 5 heteroatoms. The van der Waals surface area contributed by atoms with Crippen molar-refractivity contribution in [3.63, 3.8) is 0 Å². The fourth-order valence-corrected chi connectivity index (χ4v) is 0. The van der Waals surface area contributed by atoms with Gasteiger partial charge in [0.15, 0.2) is 0 Å². The van der Waals surface area contributed by atoms with Gasteiger partial charge in [-0.1, -0.05) is 12.6 Å². The second kappa shape index (κ2) is 5.07. The van der Waals surface area contributed by atoms with Crippen LogP contribution in [-0.4, -0.2) is 5.24 Å². The van der Waals surface area contributed by atoms with E-state index in [9.17, 15) is 4.79 Å². The van der Waals surface area contributed by atoms with E-state index >= 15 is 0 Å². The van der Waals surface area contributed by atoms with Crippen LogP contribution in [0.1, 0.15) is 0 Å². The van der Waals surface area contributed by atoms with Crippen LogP contribution in [0.3, 0.4) is 0 Å². The maximum Gasteiger partial charge on any atom is 0.289 e. The smallest absolute Gasteiger partial charge is 0.285 e. The van der Waals surface area contributed by atoms with Crippen LogP contribution in [0.25, 0.3) is 0 Å². The molecule has 0 aromatic heterocycles. The summed E-state index contributed by atoms with van der Waals surface area (Å²) in [6.45, 7) is 0. The maximum absolute atomic E-state index is 9.44. The molecule has 3 nitrogen and oxygen atoms in total. The van der Waals surface area contributed by atoms with Gasteiger partial charge in [0.05, 0.1) is 0 Å². The van der Waals surface area contributed by atoms with E-state index in [2.05, 4.69) is 18.5 Å². The summed E-state index contributed by atoms with van der Waals surface area (Å²) in [5.41, 5.74) is 1.75. The lowest BCUT2D eigenvalue weighted by atomic mass is 11.4. The number of nitrogens with two attached hydrogens (primary N) is 1. The van der Waals surface area contributed by atoms with Gasteiger partial charge < -0.3 is 0 Å². The van der Waals surface area contributed by atoms with Crippen LogP contribution in [0.15, 0.2) is 0 Å².